The number of aromatic nitrogens is 2. The Morgan fingerprint density at radius 2 is 1.85 bits per heavy atom. The Kier molecular flexibility index (Phi) is 4.70. The molecule has 1 aromatic heterocycles. The van der Waals surface area contributed by atoms with Crippen LogP contribution in [0.5, 0.6) is 0 Å². The summed E-state index contributed by atoms with van der Waals surface area (Å²) in [6.45, 7) is 1.93. The zero-order valence-electron chi connectivity index (χ0n) is 14.9. The van der Waals surface area contributed by atoms with Crippen LogP contribution in [0.2, 0.25) is 5.02 Å². The summed E-state index contributed by atoms with van der Waals surface area (Å²) in [4.78, 5) is 12.9. The molecule has 1 N–H and O–H groups in total. The third-order valence-corrected chi connectivity index (χ3v) is 5.19. The van der Waals surface area contributed by atoms with Gasteiger partial charge in [-0.2, -0.15) is 5.10 Å². The van der Waals surface area contributed by atoms with Crippen LogP contribution in [-0.2, 0) is 12.8 Å². The Morgan fingerprint density at radius 1 is 1.15 bits per heavy atom. The molecule has 2 aromatic carbocycles. The third kappa shape index (κ3) is 3.47. The fourth-order valence-electron chi connectivity index (χ4n) is 3.52. The maximum atomic E-state index is 13.2. The van der Waals surface area contributed by atoms with Crippen molar-refractivity contribution in [1.29, 1.82) is 0 Å². The lowest BCUT2D eigenvalue weighted by molar-refractivity contribution is 0.0933. The van der Waals surface area contributed by atoms with Crippen LogP contribution >= 0.6 is 11.6 Å². The van der Waals surface area contributed by atoms with Crippen LogP contribution in [-0.4, -0.2) is 15.7 Å². The largest absolute Gasteiger partial charge is 0.344 e. The molecule has 0 spiro atoms. The number of halogens is 2. The van der Waals surface area contributed by atoms with Gasteiger partial charge < -0.3 is 5.32 Å². The molecule has 4 rings (SSSR count). The summed E-state index contributed by atoms with van der Waals surface area (Å²) < 4.78 is 15.0. The van der Waals surface area contributed by atoms with Crippen LogP contribution in [0.25, 0.3) is 5.69 Å². The fourth-order valence-corrected chi connectivity index (χ4v) is 3.64. The van der Waals surface area contributed by atoms with Gasteiger partial charge in [0.15, 0.2) is 5.69 Å². The SMILES string of the molecule is C[C@@H](NC(=O)c1nn(-c2ccc(F)cc2)c2c1CCC2)c1ccc(Cl)cc1. The minimum atomic E-state index is -0.294. The topological polar surface area (TPSA) is 46.9 Å². The van der Waals surface area contributed by atoms with Gasteiger partial charge in [-0.1, -0.05) is 23.7 Å². The highest BCUT2D eigenvalue weighted by Crippen LogP contribution is 2.28. The molecule has 1 aliphatic carbocycles. The van der Waals surface area contributed by atoms with Gasteiger partial charge in [0.1, 0.15) is 5.82 Å². The average molecular weight is 384 g/mol. The Bertz CT molecular complexity index is 980. The van der Waals surface area contributed by atoms with Gasteiger partial charge in [0, 0.05) is 16.3 Å². The lowest BCUT2D eigenvalue weighted by Gasteiger charge is -2.14. The summed E-state index contributed by atoms with van der Waals surface area (Å²) >= 11 is 5.93. The van der Waals surface area contributed by atoms with E-state index in [1.165, 1.54) is 12.1 Å². The maximum absolute atomic E-state index is 13.2. The van der Waals surface area contributed by atoms with Crippen molar-refractivity contribution in [3.8, 4) is 5.69 Å². The Hall–Kier alpha value is -2.66. The number of hydrogen-bond donors (Lipinski definition) is 1. The highest BCUT2D eigenvalue weighted by atomic mass is 35.5. The van der Waals surface area contributed by atoms with E-state index in [1.54, 1.807) is 28.9 Å². The lowest BCUT2D eigenvalue weighted by Crippen LogP contribution is -2.27. The molecule has 1 aliphatic rings. The second-order valence-corrected chi connectivity index (χ2v) is 7.20. The average Bonchev–Trinajstić information content (AvgIpc) is 3.25. The Balaban J connectivity index is 1.62. The molecule has 0 radical (unpaired) electrons. The minimum Gasteiger partial charge on any atom is -0.344 e. The highest BCUT2D eigenvalue weighted by Gasteiger charge is 2.27. The van der Waals surface area contributed by atoms with Crippen molar-refractivity contribution < 1.29 is 9.18 Å². The first-order valence-electron chi connectivity index (χ1n) is 8.96. The van der Waals surface area contributed by atoms with Gasteiger partial charge in [-0.05, 0) is 68.1 Å². The van der Waals surface area contributed by atoms with Crippen molar-refractivity contribution in [1.82, 2.24) is 15.1 Å². The van der Waals surface area contributed by atoms with E-state index in [4.69, 9.17) is 11.6 Å². The van der Waals surface area contributed by atoms with Crippen molar-refractivity contribution in [2.45, 2.75) is 32.2 Å². The molecule has 3 aromatic rings. The van der Waals surface area contributed by atoms with E-state index in [0.717, 1.165) is 41.8 Å². The molecular formula is C21H19ClFN3O. The number of hydrogen-bond acceptors (Lipinski definition) is 2. The number of nitrogens with zero attached hydrogens (tertiary/aromatic N) is 2. The Morgan fingerprint density at radius 3 is 2.56 bits per heavy atom. The van der Waals surface area contributed by atoms with Crippen molar-refractivity contribution >= 4 is 17.5 Å². The van der Waals surface area contributed by atoms with Gasteiger partial charge in [-0.25, -0.2) is 9.07 Å². The van der Waals surface area contributed by atoms with Crippen LogP contribution in [0.4, 0.5) is 4.39 Å². The normalized spacial score (nSPS) is 14.0. The summed E-state index contributed by atoms with van der Waals surface area (Å²) in [5.74, 6) is -0.492. The maximum Gasteiger partial charge on any atom is 0.272 e. The summed E-state index contributed by atoms with van der Waals surface area (Å²) in [5.41, 5.74) is 4.21. The summed E-state index contributed by atoms with van der Waals surface area (Å²) in [7, 11) is 0. The van der Waals surface area contributed by atoms with E-state index in [-0.39, 0.29) is 17.8 Å². The van der Waals surface area contributed by atoms with Crippen molar-refractivity contribution in [3.63, 3.8) is 0 Å². The standard InChI is InChI=1S/C21H19ClFN3O/c1-13(14-5-7-15(22)8-6-14)24-21(27)20-18-3-2-4-19(18)26(25-20)17-11-9-16(23)10-12-17/h5-13H,2-4H2,1H3,(H,24,27)/t13-/m1/s1. The quantitative estimate of drug-likeness (QED) is 0.713. The molecule has 1 heterocycles. The molecule has 0 aliphatic heterocycles. The molecular weight excluding hydrogens is 365 g/mol. The number of nitrogens with one attached hydrogen (secondary N) is 1. The smallest absolute Gasteiger partial charge is 0.272 e. The van der Waals surface area contributed by atoms with E-state index >= 15 is 0 Å². The van der Waals surface area contributed by atoms with E-state index in [1.807, 2.05) is 19.1 Å². The van der Waals surface area contributed by atoms with E-state index in [9.17, 15) is 9.18 Å². The zero-order chi connectivity index (χ0) is 19.0. The van der Waals surface area contributed by atoms with Crippen LogP contribution in [0.3, 0.4) is 0 Å². The number of rotatable bonds is 4. The van der Waals surface area contributed by atoms with Gasteiger partial charge in [0.05, 0.1) is 11.7 Å². The molecule has 1 amide bonds. The van der Waals surface area contributed by atoms with Crippen LogP contribution in [0.1, 0.15) is 46.7 Å². The predicted octanol–water partition coefficient (Wildman–Crippen LogP) is 4.64. The monoisotopic (exact) mass is 383 g/mol. The molecule has 0 fully saturated rings. The number of benzene rings is 2. The van der Waals surface area contributed by atoms with Crippen LogP contribution < -0.4 is 5.32 Å². The molecule has 1 atom stereocenters. The van der Waals surface area contributed by atoms with Gasteiger partial charge in [-0.3, -0.25) is 4.79 Å². The van der Waals surface area contributed by atoms with Gasteiger partial charge in [0.25, 0.3) is 5.91 Å². The summed E-state index contributed by atoms with van der Waals surface area (Å²) in [6, 6.07) is 13.4. The van der Waals surface area contributed by atoms with E-state index in [0.29, 0.717) is 10.7 Å². The second kappa shape index (κ2) is 7.16. The van der Waals surface area contributed by atoms with Crippen molar-refractivity contribution in [3.05, 3.63) is 81.9 Å². The third-order valence-electron chi connectivity index (χ3n) is 4.93. The predicted molar refractivity (Wildman–Crippen MR) is 103 cm³/mol. The summed E-state index contributed by atoms with van der Waals surface area (Å²) in [5, 5.41) is 8.23. The Labute approximate surface area is 162 Å². The molecule has 0 bridgehead atoms. The molecule has 0 unspecified atom stereocenters. The van der Waals surface area contributed by atoms with E-state index < -0.39 is 0 Å². The van der Waals surface area contributed by atoms with Gasteiger partial charge in [-0.15, -0.1) is 0 Å². The zero-order valence-corrected chi connectivity index (χ0v) is 15.6. The minimum absolute atomic E-state index is 0.164. The number of fused-ring (bicyclic) bond motifs is 1. The first-order chi connectivity index (χ1) is 13.0. The molecule has 6 heteroatoms. The molecule has 138 valence electrons. The summed E-state index contributed by atoms with van der Waals surface area (Å²) in [6.07, 6.45) is 2.68. The second-order valence-electron chi connectivity index (χ2n) is 6.76. The van der Waals surface area contributed by atoms with Gasteiger partial charge in [0.2, 0.25) is 0 Å². The molecule has 27 heavy (non-hydrogen) atoms. The lowest BCUT2D eigenvalue weighted by atomic mass is 10.1. The molecule has 0 saturated carbocycles. The van der Waals surface area contributed by atoms with E-state index in [2.05, 4.69) is 10.4 Å². The van der Waals surface area contributed by atoms with Crippen LogP contribution in [0.15, 0.2) is 48.5 Å². The molecule has 4 nitrogen and oxygen atoms in total. The van der Waals surface area contributed by atoms with Crippen LogP contribution in [0, 0.1) is 5.82 Å². The molecule has 0 saturated heterocycles. The van der Waals surface area contributed by atoms with Crippen molar-refractivity contribution in [2.24, 2.45) is 0 Å². The number of carbonyl (C=O) groups excluding carboxylic acids is 1. The highest BCUT2D eigenvalue weighted by molar-refractivity contribution is 6.30. The van der Waals surface area contributed by atoms with Crippen molar-refractivity contribution in [2.75, 3.05) is 0 Å². The fraction of sp³-hybridized carbons (Fsp3) is 0.238. The number of carbonyl (C=O) groups is 1. The van der Waals surface area contributed by atoms with Gasteiger partial charge >= 0.3 is 0 Å². The first kappa shape index (κ1) is 17.7. The first-order valence-corrected chi connectivity index (χ1v) is 9.34. The number of amides is 1.